The standard InChI is InChI=1S/C20H23NO4S/c1-13(2)12-26(24)15-6-4-5-14(11-15)19(22)18-8-7-17-16(20(23)25-3)9-10-21(17)18/h4-8,11,13,16H,9-10,12H2,1-3H3. The first-order chi connectivity index (χ1) is 12.4. The van der Waals surface area contributed by atoms with E-state index in [1.807, 2.05) is 24.5 Å². The van der Waals surface area contributed by atoms with Gasteiger partial charge in [0, 0.05) is 23.9 Å². The van der Waals surface area contributed by atoms with E-state index < -0.39 is 11.2 Å². The molecular weight excluding hydrogens is 350 g/mol. The summed E-state index contributed by atoms with van der Waals surface area (Å²) in [6.45, 7) is 4.66. The van der Waals surface area contributed by atoms with Crippen molar-refractivity contribution >= 4 is 22.9 Å². The zero-order chi connectivity index (χ0) is 18.8. The third kappa shape index (κ3) is 3.57. The molecule has 0 radical (unpaired) electrons. The maximum absolute atomic E-state index is 13.0. The lowest BCUT2D eigenvalue weighted by molar-refractivity contribution is -0.142. The molecule has 0 fully saturated rings. The van der Waals surface area contributed by atoms with Gasteiger partial charge in [-0.3, -0.25) is 9.59 Å². The van der Waals surface area contributed by atoms with E-state index in [-0.39, 0.29) is 17.7 Å². The van der Waals surface area contributed by atoms with E-state index in [4.69, 9.17) is 4.74 Å². The van der Waals surface area contributed by atoms with E-state index in [9.17, 15) is 14.1 Å². The van der Waals surface area contributed by atoms with Crippen molar-refractivity contribution in [1.29, 1.82) is 0 Å². The maximum atomic E-state index is 13.0. The zero-order valence-corrected chi connectivity index (χ0v) is 16.0. The van der Waals surface area contributed by atoms with Gasteiger partial charge in [0.05, 0.1) is 18.7 Å². The van der Waals surface area contributed by atoms with Crippen molar-refractivity contribution < 1.29 is 18.9 Å². The number of nitrogens with zero attached hydrogens (tertiary/aromatic N) is 1. The third-order valence-electron chi connectivity index (χ3n) is 4.58. The highest BCUT2D eigenvalue weighted by molar-refractivity contribution is 7.91. The summed E-state index contributed by atoms with van der Waals surface area (Å²) in [7, 11) is 1.38. The van der Waals surface area contributed by atoms with E-state index in [0.29, 0.717) is 40.8 Å². The van der Waals surface area contributed by atoms with Gasteiger partial charge < -0.3 is 13.9 Å². The summed E-state index contributed by atoms with van der Waals surface area (Å²) in [5.41, 5.74) is 1.89. The highest BCUT2D eigenvalue weighted by Gasteiger charge is 2.32. The maximum Gasteiger partial charge on any atom is 0.314 e. The number of rotatable bonds is 6. The number of ketones is 1. The van der Waals surface area contributed by atoms with Gasteiger partial charge in [-0.15, -0.1) is 0 Å². The molecule has 0 bridgehead atoms. The number of aromatic nitrogens is 1. The van der Waals surface area contributed by atoms with E-state index in [1.165, 1.54) is 7.11 Å². The van der Waals surface area contributed by atoms with Crippen molar-refractivity contribution in [2.75, 3.05) is 12.9 Å². The molecule has 0 saturated heterocycles. The van der Waals surface area contributed by atoms with Crippen LogP contribution in [0.1, 0.15) is 47.9 Å². The number of fused-ring (bicyclic) bond motifs is 1. The van der Waals surface area contributed by atoms with Gasteiger partial charge in [-0.05, 0) is 41.7 Å². The van der Waals surface area contributed by atoms with Crippen LogP contribution < -0.4 is 0 Å². The molecule has 2 heterocycles. The number of carbonyl (C=O) groups is 2. The van der Waals surface area contributed by atoms with Crippen LogP contribution in [0.25, 0.3) is 0 Å². The Morgan fingerprint density at radius 2 is 2.08 bits per heavy atom. The van der Waals surface area contributed by atoms with Crippen molar-refractivity contribution in [1.82, 2.24) is 4.57 Å². The lowest BCUT2D eigenvalue weighted by Crippen LogP contribution is -2.14. The first-order valence-corrected chi connectivity index (χ1v) is 10.0. The van der Waals surface area contributed by atoms with Gasteiger partial charge in [-0.1, -0.05) is 26.0 Å². The van der Waals surface area contributed by atoms with Gasteiger partial charge in [-0.2, -0.15) is 0 Å². The minimum Gasteiger partial charge on any atom is -0.611 e. The molecule has 2 unspecified atom stereocenters. The number of ether oxygens (including phenoxy) is 1. The minimum absolute atomic E-state index is 0.120. The third-order valence-corrected chi connectivity index (χ3v) is 6.32. The molecule has 1 aliphatic heterocycles. The van der Waals surface area contributed by atoms with Crippen molar-refractivity contribution in [2.24, 2.45) is 5.92 Å². The van der Waals surface area contributed by atoms with E-state index in [2.05, 4.69) is 0 Å². The highest BCUT2D eigenvalue weighted by atomic mass is 32.2. The Bertz CT molecular complexity index is 827. The number of hydrogen-bond donors (Lipinski definition) is 0. The molecule has 6 heteroatoms. The molecule has 2 aromatic rings. The highest BCUT2D eigenvalue weighted by Crippen LogP contribution is 2.32. The average Bonchev–Trinajstić information content (AvgIpc) is 3.22. The van der Waals surface area contributed by atoms with Crippen LogP contribution >= 0.6 is 0 Å². The summed E-state index contributed by atoms with van der Waals surface area (Å²) in [4.78, 5) is 25.5. The first-order valence-electron chi connectivity index (χ1n) is 8.72. The first kappa shape index (κ1) is 18.7. The molecule has 0 spiro atoms. The molecule has 1 aromatic heterocycles. The molecule has 1 aliphatic rings. The fourth-order valence-corrected chi connectivity index (χ4v) is 4.63. The van der Waals surface area contributed by atoms with Gasteiger partial charge in [0.1, 0.15) is 5.75 Å². The summed E-state index contributed by atoms with van der Waals surface area (Å²) in [6, 6.07) is 10.6. The largest absolute Gasteiger partial charge is 0.611 e. The van der Waals surface area contributed by atoms with Gasteiger partial charge in [0.2, 0.25) is 5.78 Å². The summed E-state index contributed by atoms with van der Waals surface area (Å²) in [5, 5.41) is 0. The van der Waals surface area contributed by atoms with Gasteiger partial charge >= 0.3 is 5.97 Å². The Kier molecular flexibility index (Phi) is 5.53. The summed E-state index contributed by atoms with van der Waals surface area (Å²) >= 11 is -1.12. The Balaban J connectivity index is 1.87. The van der Waals surface area contributed by atoms with Crippen LogP contribution in [-0.2, 0) is 27.3 Å². The molecule has 26 heavy (non-hydrogen) atoms. The molecule has 0 aliphatic carbocycles. The van der Waals surface area contributed by atoms with Crippen LogP contribution in [0.15, 0.2) is 41.3 Å². The lowest BCUT2D eigenvalue weighted by atomic mass is 10.1. The molecule has 5 nitrogen and oxygen atoms in total. The van der Waals surface area contributed by atoms with Crippen LogP contribution in [0.2, 0.25) is 0 Å². The predicted octanol–water partition coefficient (Wildman–Crippen LogP) is 3.14. The second-order valence-corrected chi connectivity index (χ2v) is 8.42. The molecule has 1 aromatic carbocycles. The Labute approximate surface area is 156 Å². The number of methoxy groups -OCH3 is 1. The Morgan fingerprint density at radius 1 is 1.31 bits per heavy atom. The van der Waals surface area contributed by atoms with Crippen LogP contribution in [0.4, 0.5) is 0 Å². The monoisotopic (exact) mass is 373 g/mol. The number of carbonyl (C=O) groups excluding carboxylic acids is 2. The number of benzene rings is 1. The van der Waals surface area contributed by atoms with Gasteiger partial charge in [0.15, 0.2) is 4.90 Å². The van der Waals surface area contributed by atoms with Crippen LogP contribution in [-0.4, -0.2) is 33.7 Å². The topological polar surface area (TPSA) is 71.4 Å². The number of hydrogen-bond acceptors (Lipinski definition) is 4. The molecule has 2 atom stereocenters. The van der Waals surface area contributed by atoms with Gasteiger partial charge in [0.25, 0.3) is 0 Å². The molecule has 138 valence electrons. The van der Waals surface area contributed by atoms with E-state index >= 15 is 0 Å². The molecule has 0 N–H and O–H groups in total. The van der Waals surface area contributed by atoms with Gasteiger partial charge in [-0.25, -0.2) is 0 Å². The molecule has 0 amide bonds. The fourth-order valence-electron chi connectivity index (χ4n) is 3.35. The summed E-state index contributed by atoms with van der Waals surface area (Å²) in [6.07, 6.45) is 0.640. The van der Waals surface area contributed by atoms with Crippen LogP contribution in [0, 0.1) is 5.92 Å². The molecular formula is C20H23NO4S. The van der Waals surface area contributed by atoms with E-state index in [1.54, 1.807) is 30.3 Å². The second kappa shape index (κ2) is 7.68. The minimum atomic E-state index is -1.12. The summed E-state index contributed by atoms with van der Waals surface area (Å²) < 4.78 is 19.1. The van der Waals surface area contributed by atoms with Crippen molar-refractivity contribution in [2.45, 2.75) is 37.6 Å². The van der Waals surface area contributed by atoms with Crippen LogP contribution in [0.5, 0.6) is 0 Å². The second-order valence-electron chi connectivity index (χ2n) is 6.92. The SMILES string of the molecule is COC(=O)C1CCn2c(C(=O)c3cccc([S+]([O-])CC(C)C)c3)ccc21. The quantitative estimate of drug-likeness (QED) is 0.443. The zero-order valence-electron chi connectivity index (χ0n) is 15.2. The average molecular weight is 373 g/mol. The normalized spacial score (nSPS) is 17.2. The van der Waals surface area contributed by atoms with Crippen LogP contribution in [0.3, 0.4) is 0 Å². The predicted molar refractivity (Wildman–Crippen MR) is 99.8 cm³/mol. The fraction of sp³-hybridized carbons (Fsp3) is 0.400. The summed E-state index contributed by atoms with van der Waals surface area (Å²) in [5.74, 6) is 0.182. The number of esters is 1. The Morgan fingerprint density at radius 3 is 2.77 bits per heavy atom. The van der Waals surface area contributed by atoms with Crippen molar-refractivity contribution in [3.05, 3.63) is 53.3 Å². The van der Waals surface area contributed by atoms with Crippen molar-refractivity contribution in [3.63, 3.8) is 0 Å². The molecule has 0 saturated carbocycles. The smallest absolute Gasteiger partial charge is 0.314 e. The molecule has 3 rings (SSSR count). The van der Waals surface area contributed by atoms with E-state index in [0.717, 1.165) is 5.69 Å². The lowest BCUT2D eigenvalue weighted by Gasteiger charge is -2.13. The Hall–Kier alpha value is -2.05. The van der Waals surface area contributed by atoms with Crippen molar-refractivity contribution in [3.8, 4) is 0 Å².